The molecule has 0 aliphatic carbocycles. The van der Waals surface area contributed by atoms with Crippen LogP contribution in [0.2, 0.25) is 5.02 Å². The highest BCUT2D eigenvalue weighted by atomic mass is 35.5. The SMILES string of the molecule is CSc1cc(NC(=O)c2cc(Cl)c(C(F)(F)F)cc2N2CCC(F)(F)C(C)C2)ccn1. The molecule has 1 unspecified atom stereocenters. The number of carbonyl (C=O) groups excluding carboxylic acids is 1. The van der Waals surface area contributed by atoms with E-state index in [2.05, 4.69) is 10.3 Å². The molecular weight excluding hydrogens is 461 g/mol. The third-order valence-corrected chi connectivity index (χ3v) is 6.06. The van der Waals surface area contributed by atoms with Gasteiger partial charge >= 0.3 is 6.18 Å². The van der Waals surface area contributed by atoms with E-state index >= 15 is 0 Å². The number of alkyl halides is 5. The highest BCUT2D eigenvalue weighted by Crippen LogP contribution is 2.41. The average Bonchev–Trinajstić information content (AvgIpc) is 2.69. The monoisotopic (exact) mass is 479 g/mol. The molecule has 0 saturated carbocycles. The number of thioether (sulfide) groups is 1. The van der Waals surface area contributed by atoms with Crippen LogP contribution in [0.4, 0.5) is 33.3 Å². The molecule has 168 valence electrons. The van der Waals surface area contributed by atoms with E-state index in [0.717, 1.165) is 12.1 Å². The fourth-order valence-electron chi connectivity index (χ4n) is 3.32. The van der Waals surface area contributed by atoms with Gasteiger partial charge < -0.3 is 10.2 Å². The topological polar surface area (TPSA) is 45.2 Å². The number of carbonyl (C=O) groups is 1. The number of aromatic nitrogens is 1. The van der Waals surface area contributed by atoms with Gasteiger partial charge in [-0.15, -0.1) is 11.8 Å². The third-order valence-electron chi connectivity index (χ3n) is 5.11. The molecule has 1 aliphatic rings. The molecule has 1 atom stereocenters. The molecule has 3 rings (SSSR count). The molecule has 1 N–H and O–H groups in total. The summed E-state index contributed by atoms with van der Waals surface area (Å²) < 4.78 is 68.1. The first kappa shape index (κ1) is 23.6. The predicted molar refractivity (Wildman–Crippen MR) is 111 cm³/mol. The minimum Gasteiger partial charge on any atom is -0.370 e. The molecule has 1 amide bonds. The van der Waals surface area contributed by atoms with Crippen molar-refractivity contribution in [1.82, 2.24) is 4.98 Å². The maximum atomic E-state index is 13.9. The molecule has 1 fully saturated rings. The van der Waals surface area contributed by atoms with Gasteiger partial charge in [0, 0.05) is 37.3 Å². The van der Waals surface area contributed by atoms with Crippen molar-refractivity contribution in [1.29, 1.82) is 0 Å². The van der Waals surface area contributed by atoms with Crippen molar-refractivity contribution in [3.63, 3.8) is 0 Å². The molecule has 0 bridgehead atoms. The van der Waals surface area contributed by atoms with Crippen LogP contribution in [0.25, 0.3) is 0 Å². The standard InChI is InChI=1S/C20H19ClF5N3OS/c1-11-10-29(6-4-19(11,22)23)16-9-14(20(24,25)26)15(21)8-13(16)18(30)28-12-3-5-27-17(7-12)31-2/h3,5,7-9,11H,4,6,10H2,1-2H3,(H,27,28,30). The van der Waals surface area contributed by atoms with Gasteiger partial charge in [-0.1, -0.05) is 18.5 Å². The Kier molecular flexibility index (Phi) is 6.71. The zero-order valence-corrected chi connectivity index (χ0v) is 18.1. The molecule has 0 spiro atoms. The van der Waals surface area contributed by atoms with Crippen molar-refractivity contribution in [2.24, 2.45) is 5.92 Å². The number of hydrogen-bond acceptors (Lipinski definition) is 4. The third kappa shape index (κ3) is 5.23. The van der Waals surface area contributed by atoms with Gasteiger partial charge in [0.25, 0.3) is 11.8 Å². The van der Waals surface area contributed by atoms with Crippen molar-refractivity contribution in [2.75, 3.05) is 29.6 Å². The summed E-state index contributed by atoms with van der Waals surface area (Å²) >= 11 is 7.19. The lowest BCUT2D eigenvalue weighted by Crippen LogP contribution is -2.46. The van der Waals surface area contributed by atoms with Crippen LogP contribution < -0.4 is 10.2 Å². The van der Waals surface area contributed by atoms with E-state index in [-0.39, 0.29) is 24.3 Å². The maximum Gasteiger partial charge on any atom is 0.417 e. The van der Waals surface area contributed by atoms with E-state index in [1.54, 1.807) is 12.3 Å². The van der Waals surface area contributed by atoms with E-state index in [9.17, 15) is 26.7 Å². The molecular formula is C20H19ClF5N3OS. The number of anilines is 2. The van der Waals surface area contributed by atoms with Crippen LogP contribution in [0.3, 0.4) is 0 Å². The smallest absolute Gasteiger partial charge is 0.370 e. The molecule has 4 nitrogen and oxygen atoms in total. The van der Waals surface area contributed by atoms with Crippen LogP contribution in [-0.2, 0) is 6.18 Å². The highest BCUT2D eigenvalue weighted by Gasteiger charge is 2.42. The zero-order valence-electron chi connectivity index (χ0n) is 16.6. The van der Waals surface area contributed by atoms with Crippen LogP contribution in [0.15, 0.2) is 35.5 Å². The first-order chi connectivity index (χ1) is 14.4. The van der Waals surface area contributed by atoms with E-state index in [1.807, 2.05) is 0 Å². The summed E-state index contributed by atoms with van der Waals surface area (Å²) in [5.41, 5.74) is -0.946. The number of benzene rings is 1. The molecule has 11 heteroatoms. The largest absolute Gasteiger partial charge is 0.417 e. The fraction of sp³-hybridized carbons (Fsp3) is 0.400. The Morgan fingerprint density at radius 2 is 2.03 bits per heavy atom. The molecule has 1 aliphatic heterocycles. The van der Waals surface area contributed by atoms with Crippen LogP contribution in [0.5, 0.6) is 0 Å². The predicted octanol–water partition coefficient (Wildman–Crippen LogP) is 6.21. The lowest BCUT2D eigenvalue weighted by atomic mass is 9.94. The molecule has 0 radical (unpaired) electrons. The van der Waals surface area contributed by atoms with Gasteiger partial charge in [-0.2, -0.15) is 13.2 Å². The second kappa shape index (κ2) is 8.82. The normalized spacial score (nSPS) is 18.7. The number of nitrogens with one attached hydrogen (secondary N) is 1. The summed E-state index contributed by atoms with van der Waals surface area (Å²) in [7, 11) is 0. The highest BCUT2D eigenvalue weighted by molar-refractivity contribution is 7.98. The summed E-state index contributed by atoms with van der Waals surface area (Å²) in [6.45, 7) is 0.938. The lowest BCUT2D eigenvalue weighted by Gasteiger charge is -2.39. The van der Waals surface area contributed by atoms with Gasteiger partial charge in [0.1, 0.15) is 0 Å². The van der Waals surface area contributed by atoms with E-state index in [4.69, 9.17) is 11.6 Å². The number of rotatable bonds is 4. The second-order valence-electron chi connectivity index (χ2n) is 7.25. The summed E-state index contributed by atoms with van der Waals surface area (Å²) in [5, 5.41) is 2.61. The number of amides is 1. The number of piperidine rings is 1. The quantitative estimate of drug-likeness (QED) is 0.418. The van der Waals surface area contributed by atoms with Crippen molar-refractivity contribution in [2.45, 2.75) is 30.5 Å². The lowest BCUT2D eigenvalue weighted by molar-refractivity contribution is -0.137. The maximum absolute atomic E-state index is 13.9. The second-order valence-corrected chi connectivity index (χ2v) is 8.48. The molecule has 2 heterocycles. The van der Waals surface area contributed by atoms with Crippen LogP contribution in [0.1, 0.15) is 29.3 Å². The van der Waals surface area contributed by atoms with Gasteiger partial charge in [-0.25, -0.2) is 13.8 Å². The van der Waals surface area contributed by atoms with Gasteiger partial charge in [-0.05, 0) is 30.5 Å². The molecule has 1 aromatic heterocycles. The van der Waals surface area contributed by atoms with Gasteiger partial charge in [0.2, 0.25) is 0 Å². The van der Waals surface area contributed by atoms with E-state index in [0.29, 0.717) is 10.7 Å². The number of pyridine rings is 1. The molecule has 1 saturated heterocycles. The summed E-state index contributed by atoms with van der Waals surface area (Å²) in [6, 6.07) is 4.83. The van der Waals surface area contributed by atoms with Crippen molar-refractivity contribution in [3.05, 3.63) is 46.6 Å². The minimum atomic E-state index is -4.76. The Morgan fingerprint density at radius 3 is 2.65 bits per heavy atom. The molecule has 31 heavy (non-hydrogen) atoms. The van der Waals surface area contributed by atoms with Gasteiger partial charge in [0.15, 0.2) is 0 Å². The average molecular weight is 480 g/mol. The number of hydrogen-bond donors (Lipinski definition) is 1. The molecule has 2 aromatic rings. The van der Waals surface area contributed by atoms with E-state index < -0.39 is 40.9 Å². The van der Waals surface area contributed by atoms with Crippen molar-refractivity contribution >= 4 is 40.6 Å². The first-order valence-corrected chi connectivity index (χ1v) is 10.9. The van der Waals surface area contributed by atoms with Crippen LogP contribution in [-0.4, -0.2) is 36.2 Å². The zero-order chi connectivity index (χ0) is 23.0. The Bertz CT molecular complexity index is 986. The summed E-state index contributed by atoms with van der Waals surface area (Å²) in [4.78, 5) is 18.4. The number of halogens is 6. The van der Waals surface area contributed by atoms with Crippen molar-refractivity contribution in [3.8, 4) is 0 Å². The van der Waals surface area contributed by atoms with Crippen LogP contribution in [0, 0.1) is 5.92 Å². The van der Waals surface area contributed by atoms with Gasteiger partial charge in [0.05, 0.1) is 26.9 Å². The Balaban J connectivity index is 2.02. The summed E-state index contributed by atoms with van der Waals surface area (Å²) in [6.07, 6.45) is -2.00. The first-order valence-electron chi connectivity index (χ1n) is 9.27. The van der Waals surface area contributed by atoms with Crippen molar-refractivity contribution < 1.29 is 26.7 Å². The fourth-order valence-corrected chi connectivity index (χ4v) is 4.01. The summed E-state index contributed by atoms with van der Waals surface area (Å²) in [5.74, 6) is -4.72. The van der Waals surface area contributed by atoms with E-state index in [1.165, 1.54) is 35.8 Å². The molecule has 1 aromatic carbocycles. The Hall–Kier alpha value is -2.07. The number of nitrogens with zero attached hydrogens (tertiary/aromatic N) is 2. The Morgan fingerprint density at radius 1 is 1.32 bits per heavy atom. The van der Waals surface area contributed by atoms with Gasteiger partial charge in [-0.3, -0.25) is 4.79 Å². The minimum absolute atomic E-state index is 0.0873. The Labute approximate surface area is 185 Å². The van der Waals surface area contributed by atoms with Crippen LogP contribution >= 0.6 is 23.4 Å².